The Bertz CT molecular complexity index is 219. The van der Waals surface area contributed by atoms with Gasteiger partial charge in [-0.25, -0.2) is 6.29 Å². The second-order valence-electron chi connectivity index (χ2n) is 2.80. The summed E-state index contributed by atoms with van der Waals surface area (Å²) in [6.45, 7) is -2.10. The van der Waals surface area contributed by atoms with Gasteiger partial charge in [-0.3, -0.25) is 0 Å². The molecule has 0 bridgehead atoms. The Labute approximate surface area is 82.8 Å². The van der Waals surface area contributed by atoms with E-state index in [2.05, 4.69) is 0 Å². The van der Waals surface area contributed by atoms with E-state index in [1.807, 2.05) is 0 Å². The first kappa shape index (κ1) is 6.68. The van der Waals surface area contributed by atoms with Crippen LogP contribution in [0.2, 0.25) is 0 Å². The number of hydrogen-bond donors (Lipinski definition) is 0. The van der Waals surface area contributed by atoms with Crippen LogP contribution in [0.15, 0.2) is 0 Å². The molecule has 1 saturated carbocycles. The van der Waals surface area contributed by atoms with Crippen molar-refractivity contribution in [2.45, 2.75) is 24.9 Å². The van der Waals surface area contributed by atoms with Gasteiger partial charge in [-0.2, -0.15) is 0 Å². The summed E-state index contributed by atoms with van der Waals surface area (Å²) in [6.07, 6.45) is 3.91. The summed E-state index contributed by atoms with van der Waals surface area (Å²) >= 11 is 0. The maximum Gasteiger partial charge on any atom is 1.00 e. The van der Waals surface area contributed by atoms with Crippen molar-refractivity contribution >= 4 is 6.29 Å². The molecule has 2 fully saturated rings. The summed E-state index contributed by atoms with van der Waals surface area (Å²) in [5.74, 6) is 0.442. The zero-order valence-corrected chi connectivity index (χ0v) is 6.45. The smallest absolute Gasteiger partial charge is 0.870 e. The first-order valence-electron chi connectivity index (χ1n) is 4.72. The molecule has 1 N–H and O–H groups in total. The maximum atomic E-state index is 10.4. The number of carbonyl (C=O) groups excluding carboxylic acids is 1. The van der Waals surface area contributed by atoms with E-state index in [1.54, 1.807) is 6.29 Å². The van der Waals surface area contributed by atoms with E-state index in [4.69, 9.17) is 4.11 Å². The minimum absolute atomic E-state index is 0. The second-order valence-corrected chi connectivity index (χ2v) is 2.80. The van der Waals surface area contributed by atoms with E-state index < -0.39 is 13.0 Å². The van der Waals surface area contributed by atoms with E-state index in [-0.39, 0.29) is 30.4 Å². The molecule has 0 aromatic heterocycles. The van der Waals surface area contributed by atoms with Crippen molar-refractivity contribution in [3.63, 3.8) is 0 Å². The zero-order chi connectivity index (χ0) is 8.93. The van der Waals surface area contributed by atoms with Gasteiger partial charge in [0.05, 0.1) is 0 Å². The summed E-state index contributed by atoms with van der Waals surface area (Å²) < 4.78 is 21.3. The standard InChI is InChI=1S/C7H10NO.Li.H2O/c1-8-6(4-9)7(8)5-2-3-5;;/h5-7H,2-3H2,1H3;;1H2/q-1;+1;/p-1/t6-,7+,8?;;/m0../s1/i1D3;;. The molecule has 0 radical (unpaired) electrons. The van der Waals surface area contributed by atoms with Gasteiger partial charge in [0.15, 0.2) is 0 Å². The van der Waals surface area contributed by atoms with Crippen molar-refractivity contribution in [1.82, 2.24) is 4.90 Å². The van der Waals surface area contributed by atoms with Crippen LogP contribution in [0, 0.1) is 5.92 Å². The average molecular weight is 151 g/mol. The Morgan fingerprint density at radius 1 is 1.64 bits per heavy atom. The molecule has 1 aliphatic heterocycles. The van der Waals surface area contributed by atoms with Crippen LogP contribution in [-0.2, 0) is 4.79 Å². The van der Waals surface area contributed by atoms with E-state index in [0.29, 0.717) is 5.92 Å². The summed E-state index contributed by atoms with van der Waals surface area (Å²) in [5, 5.41) is 0. The number of hydrogen-bond acceptors (Lipinski definition) is 3. The van der Waals surface area contributed by atoms with Crippen LogP contribution in [0.4, 0.5) is 0 Å². The van der Waals surface area contributed by atoms with E-state index in [0.717, 1.165) is 12.8 Å². The first-order valence-corrected chi connectivity index (χ1v) is 3.22. The third kappa shape index (κ3) is 1.85. The molecule has 0 aromatic rings. The van der Waals surface area contributed by atoms with Gasteiger partial charge < -0.3 is 15.2 Å². The number of nitrogens with zero attached hydrogens (tertiary/aromatic N) is 1. The monoisotopic (exact) mass is 151 g/mol. The van der Waals surface area contributed by atoms with Gasteiger partial charge in [0.25, 0.3) is 0 Å². The van der Waals surface area contributed by atoms with E-state index >= 15 is 0 Å². The van der Waals surface area contributed by atoms with Gasteiger partial charge in [-0.1, -0.05) is 6.04 Å². The molecule has 0 aromatic carbocycles. The van der Waals surface area contributed by atoms with Crippen LogP contribution in [0.25, 0.3) is 0 Å². The van der Waals surface area contributed by atoms with Gasteiger partial charge in [0, 0.05) is 10.2 Å². The normalized spacial score (nSPS) is 45.1. The molecule has 3 nitrogen and oxygen atoms in total. The Kier molecular flexibility index (Phi) is 2.26. The minimum Gasteiger partial charge on any atom is -0.870 e. The van der Waals surface area contributed by atoms with Gasteiger partial charge in [-0.15, -0.1) is 0 Å². The third-order valence-electron chi connectivity index (χ3n) is 2.08. The number of likely N-dealkylation sites (N-methyl/N-ethyl adjacent to an activating group) is 1. The quantitative estimate of drug-likeness (QED) is 0.240. The van der Waals surface area contributed by atoms with Crippen LogP contribution >= 0.6 is 0 Å². The van der Waals surface area contributed by atoms with Crippen LogP contribution in [0.1, 0.15) is 17.0 Å². The predicted octanol–water partition coefficient (Wildman–Crippen LogP) is -2.98. The molecule has 0 spiro atoms. The molecule has 2 aliphatic rings. The molecule has 0 amide bonds. The summed E-state index contributed by atoms with van der Waals surface area (Å²) in [5.41, 5.74) is 0. The molecule has 3 atom stereocenters. The van der Waals surface area contributed by atoms with Crippen molar-refractivity contribution in [3.8, 4) is 0 Å². The van der Waals surface area contributed by atoms with Crippen LogP contribution in [-0.4, -0.2) is 35.7 Å². The minimum atomic E-state index is -2.10. The van der Waals surface area contributed by atoms with Crippen LogP contribution < -0.4 is 18.9 Å². The fourth-order valence-corrected chi connectivity index (χ4v) is 1.30. The van der Waals surface area contributed by atoms with Crippen LogP contribution in [0.5, 0.6) is 0 Å². The zero-order valence-electron chi connectivity index (χ0n) is 9.45. The van der Waals surface area contributed by atoms with Crippen molar-refractivity contribution in [1.29, 1.82) is 0 Å². The van der Waals surface area contributed by atoms with Gasteiger partial charge in [0.2, 0.25) is 0 Å². The fraction of sp³-hybridized carbons (Fsp3) is 0.857. The predicted molar refractivity (Wildman–Crippen MR) is 35.7 cm³/mol. The number of rotatable bonds is 2. The molecule has 1 unspecified atom stereocenters. The largest absolute Gasteiger partial charge is 1.00 e. The first-order chi connectivity index (χ1) is 5.55. The molecule has 58 valence electrons. The molecule has 4 heteroatoms. The van der Waals surface area contributed by atoms with Crippen molar-refractivity contribution in [3.05, 3.63) is 0 Å². The van der Waals surface area contributed by atoms with E-state index in [9.17, 15) is 4.79 Å². The molecule has 1 heterocycles. The Morgan fingerprint density at radius 2 is 2.27 bits per heavy atom. The Hall–Kier alpha value is 0.187. The van der Waals surface area contributed by atoms with Gasteiger partial charge >= 0.3 is 18.9 Å². The van der Waals surface area contributed by atoms with Crippen molar-refractivity contribution in [2.24, 2.45) is 5.92 Å². The topological polar surface area (TPSA) is 50.1 Å². The summed E-state index contributed by atoms with van der Waals surface area (Å²) in [4.78, 5) is 11.6. The summed E-state index contributed by atoms with van der Waals surface area (Å²) in [7, 11) is 0. The molecular weight excluding hydrogens is 137 g/mol. The van der Waals surface area contributed by atoms with Crippen molar-refractivity contribution < 1.29 is 33.2 Å². The third-order valence-corrected chi connectivity index (χ3v) is 2.08. The average Bonchev–Trinajstić information content (AvgIpc) is 2.80. The molecule has 1 saturated heterocycles. The molecule has 11 heavy (non-hydrogen) atoms. The molecular formula is C7H11LiNO2-. The van der Waals surface area contributed by atoms with Crippen LogP contribution in [0.3, 0.4) is 0 Å². The Balaban J connectivity index is 0.000000845. The second kappa shape index (κ2) is 3.73. The maximum absolute atomic E-state index is 10.4. The molecule has 2 rings (SSSR count). The van der Waals surface area contributed by atoms with Gasteiger partial charge in [0.1, 0.15) is 0 Å². The van der Waals surface area contributed by atoms with E-state index in [1.165, 1.54) is 4.90 Å². The molecule has 1 aliphatic carbocycles. The fourth-order valence-electron chi connectivity index (χ4n) is 1.30. The Morgan fingerprint density at radius 3 is 2.55 bits per heavy atom. The van der Waals surface area contributed by atoms with Crippen molar-refractivity contribution in [2.75, 3.05) is 6.98 Å². The van der Waals surface area contributed by atoms with Gasteiger partial charge in [-0.05, 0) is 25.7 Å². The SMILES string of the molecule is [2H]C([2H])([2H])N1[C@H](C2CC2)[C@@H]1[C-]=O.[Li+].[OH-]. The summed E-state index contributed by atoms with van der Waals surface area (Å²) in [6, 6.07) is -0.486.